The van der Waals surface area contributed by atoms with E-state index < -0.39 is 0 Å². The van der Waals surface area contributed by atoms with Gasteiger partial charge < -0.3 is 5.32 Å². The monoisotopic (exact) mass is 480 g/mol. The van der Waals surface area contributed by atoms with Gasteiger partial charge in [0.2, 0.25) is 0 Å². The minimum absolute atomic E-state index is 0.175. The van der Waals surface area contributed by atoms with Gasteiger partial charge in [0.1, 0.15) is 0 Å². The Kier molecular flexibility index (Phi) is 4.69. The summed E-state index contributed by atoms with van der Waals surface area (Å²) >= 11 is 3.71. The van der Waals surface area contributed by atoms with Crippen molar-refractivity contribution in [1.29, 1.82) is 0 Å². The van der Waals surface area contributed by atoms with Crippen molar-refractivity contribution in [3.8, 4) is 0 Å². The summed E-state index contributed by atoms with van der Waals surface area (Å²) in [6.45, 7) is 0. The zero-order valence-corrected chi connectivity index (χ0v) is 19.0. The number of nitrogens with one attached hydrogen (secondary N) is 1. The molecule has 1 aliphatic heterocycles. The first-order valence-electron chi connectivity index (χ1n) is 10.9. The van der Waals surface area contributed by atoms with E-state index in [4.69, 9.17) is 0 Å². The summed E-state index contributed by atoms with van der Waals surface area (Å²) in [4.78, 5) is 18.3. The standard InChI is InChI=1S/C28H21BrN2O/c29-22-11-5-4-9-19(22)28-27-21(15-18(16-25(27)32)17-7-2-1-3-8-17)26-20-10-6-14-30-23(20)12-13-24(26)31-28/h1-14,18,28,31H,15-16H2/t18-,28-/m0/s1. The summed E-state index contributed by atoms with van der Waals surface area (Å²) in [6.07, 6.45) is 3.20. The average molecular weight is 481 g/mol. The van der Waals surface area contributed by atoms with Crippen molar-refractivity contribution >= 4 is 43.9 Å². The Hall–Kier alpha value is -3.24. The van der Waals surface area contributed by atoms with Crippen LogP contribution >= 0.6 is 15.9 Å². The molecule has 0 fully saturated rings. The van der Waals surface area contributed by atoms with Crippen LogP contribution in [0, 0.1) is 0 Å². The van der Waals surface area contributed by atoms with Crippen LogP contribution in [0.3, 0.4) is 0 Å². The summed E-state index contributed by atoms with van der Waals surface area (Å²) in [7, 11) is 0. The van der Waals surface area contributed by atoms with Crippen molar-refractivity contribution in [2.45, 2.75) is 24.8 Å². The lowest BCUT2D eigenvalue weighted by Crippen LogP contribution is -2.29. The third kappa shape index (κ3) is 3.09. The molecule has 0 amide bonds. The molecule has 0 saturated heterocycles. The number of hydrogen-bond donors (Lipinski definition) is 1. The van der Waals surface area contributed by atoms with E-state index in [9.17, 15) is 4.79 Å². The van der Waals surface area contributed by atoms with Gasteiger partial charge in [0.15, 0.2) is 5.78 Å². The average Bonchev–Trinajstić information content (AvgIpc) is 2.84. The fourth-order valence-electron chi connectivity index (χ4n) is 5.23. The van der Waals surface area contributed by atoms with Gasteiger partial charge in [0.25, 0.3) is 0 Å². The van der Waals surface area contributed by atoms with Crippen LogP contribution in [0.25, 0.3) is 16.5 Å². The molecule has 1 aromatic heterocycles. The maximum atomic E-state index is 13.7. The number of benzene rings is 3. The number of anilines is 1. The molecule has 156 valence electrons. The summed E-state index contributed by atoms with van der Waals surface area (Å²) < 4.78 is 1.01. The number of pyridine rings is 1. The Balaban J connectivity index is 1.60. The second-order valence-electron chi connectivity index (χ2n) is 8.49. The number of ketones is 1. The molecule has 2 atom stereocenters. The molecule has 3 nitrogen and oxygen atoms in total. The van der Waals surface area contributed by atoms with E-state index in [-0.39, 0.29) is 17.7 Å². The van der Waals surface area contributed by atoms with Gasteiger partial charge in [-0.05, 0) is 53.3 Å². The number of hydrogen-bond acceptors (Lipinski definition) is 3. The Morgan fingerprint density at radius 3 is 2.53 bits per heavy atom. The molecule has 2 aliphatic rings. The second kappa shape index (κ2) is 7.72. The molecule has 0 radical (unpaired) electrons. The van der Waals surface area contributed by atoms with E-state index in [1.54, 1.807) is 0 Å². The molecule has 3 aromatic carbocycles. The molecular weight excluding hydrogens is 460 g/mol. The summed E-state index contributed by atoms with van der Waals surface area (Å²) in [5.74, 6) is 0.403. The van der Waals surface area contributed by atoms with Crippen molar-refractivity contribution in [3.63, 3.8) is 0 Å². The molecule has 2 heterocycles. The SMILES string of the molecule is O=C1C[C@@H](c2ccccc2)CC2=C1[C@H](c1ccccc1Br)Nc1ccc3ncccc3c12. The van der Waals surface area contributed by atoms with E-state index >= 15 is 0 Å². The minimum Gasteiger partial charge on any atom is -0.373 e. The number of halogens is 1. The van der Waals surface area contributed by atoms with Crippen LogP contribution in [0.5, 0.6) is 0 Å². The molecule has 1 N–H and O–H groups in total. The first-order valence-corrected chi connectivity index (χ1v) is 11.7. The highest BCUT2D eigenvalue weighted by molar-refractivity contribution is 9.10. The van der Waals surface area contributed by atoms with Crippen LogP contribution in [0.4, 0.5) is 5.69 Å². The van der Waals surface area contributed by atoms with Crippen molar-refractivity contribution in [2.24, 2.45) is 0 Å². The molecule has 0 unspecified atom stereocenters. The van der Waals surface area contributed by atoms with Crippen LogP contribution in [-0.4, -0.2) is 10.8 Å². The Morgan fingerprint density at radius 1 is 0.875 bits per heavy atom. The second-order valence-corrected chi connectivity index (χ2v) is 9.34. The molecule has 4 aromatic rings. The van der Waals surface area contributed by atoms with Gasteiger partial charge in [-0.1, -0.05) is 70.5 Å². The van der Waals surface area contributed by atoms with Crippen molar-refractivity contribution < 1.29 is 4.79 Å². The van der Waals surface area contributed by atoms with Crippen molar-refractivity contribution in [2.75, 3.05) is 5.32 Å². The van der Waals surface area contributed by atoms with Crippen LogP contribution in [0.1, 0.15) is 41.5 Å². The fraction of sp³-hybridized carbons (Fsp3) is 0.143. The van der Waals surface area contributed by atoms with E-state index in [1.165, 1.54) is 5.56 Å². The lowest BCUT2D eigenvalue weighted by Gasteiger charge is -2.37. The van der Waals surface area contributed by atoms with Gasteiger partial charge >= 0.3 is 0 Å². The van der Waals surface area contributed by atoms with Crippen molar-refractivity contribution in [3.05, 3.63) is 112 Å². The zero-order valence-electron chi connectivity index (χ0n) is 17.4. The van der Waals surface area contributed by atoms with Gasteiger partial charge in [-0.15, -0.1) is 0 Å². The number of rotatable bonds is 2. The Bertz CT molecular complexity index is 1390. The molecule has 6 rings (SSSR count). The Morgan fingerprint density at radius 2 is 1.69 bits per heavy atom. The molecule has 0 bridgehead atoms. The molecule has 0 saturated carbocycles. The number of aromatic nitrogens is 1. The van der Waals surface area contributed by atoms with Crippen LogP contribution < -0.4 is 5.32 Å². The predicted molar refractivity (Wildman–Crippen MR) is 133 cm³/mol. The van der Waals surface area contributed by atoms with Gasteiger partial charge in [0, 0.05) is 39.3 Å². The smallest absolute Gasteiger partial charge is 0.162 e. The third-order valence-corrected chi connectivity index (χ3v) is 7.39. The van der Waals surface area contributed by atoms with E-state index in [0.29, 0.717) is 6.42 Å². The molecular formula is C28H21BrN2O. The topological polar surface area (TPSA) is 42.0 Å². The maximum absolute atomic E-state index is 13.7. The number of carbonyl (C=O) groups excluding carboxylic acids is 1. The van der Waals surface area contributed by atoms with Gasteiger partial charge in [0.05, 0.1) is 11.6 Å². The first kappa shape index (κ1) is 19.4. The zero-order chi connectivity index (χ0) is 21.7. The molecule has 0 spiro atoms. The Labute approximate surface area is 195 Å². The first-order chi connectivity index (χ1) is 15.7. The van der Waals surface area contributed by atoms with E-state index in [1.807, 2.05) is 36.5 Å². The summed E-state index contributed by atoms with van der Waals surface area (Å²) in [5.41, 5.74) is 7.51. The predicted octanol–water partition coefficient (Wildman–Crippen LogP) is 7.06. The third-order valence-electron chi connectivity index (χ3n) is 6.67. The normalized spacial score (nSPS) is 20.0. The lowest BCUT2D eigenvalue weighted by atomic mass is 9.72. The quantitative estimate of drug-likeness (QED) is 0.333. The number of fused-ring (bicyclic) bond motifs is 4. The highest BCUT2D eigenvalue weighted by Crippen LogP contribution is 2.51. The number of carbonyl (C=O) groups is 1. The molecule has 1 aliphatic carbocycles. The maximum Gasteiger partial charge on any atom is 0.162 e. The highest BCUT2D eigenvalue weighted by atomic mass is 79.9. The number of nitrogens with zero attached hydrogens (tertiary/aromatic N) is 1. The van der Waals surface area contributed by atoms with Crippen LogP contribution in [0.2, 0.25) is 0 Å². The highest BCUT2D eigenvalue weighted by Gasteiger charge is 2.38. The molecule has 32 heavy (non-hydrogen) atoms. The minimum atomic E-state index is -0.175. The van der Waals surface area contributed by atoms with Gasteiger partial charge in [-0.2, -0.15) is 0 Å². The van der Waals surface area contributed by atoms with Crippen LogP contribution in [0.15, 0.2) is 95.1 Å². The number of allylic oxidation sites excluding steroid dienone is 1. The van der Waals surface area contributed by atoms with Gasteiger partial charge in [-0.25, -0.2) is 0 Å². The van der Waals surface area contributed by atoms with Crippen molar-refractivity contribution in [1.82, 2.24) is 4.98 Å². The van der Waals surface area contributed by atoms with E-state index in [0.717, 1.165) is 49.8 Å². The largest absolute Gasteiger partial charge is 0.373 e. The van der Waals surface area contributed by atoms with E-state index in [2.05, 4.69) is 74.8 Å². The fourth-order valence-corrected chi connectivity index (χ4v) is 5.75. The van der Waals surface area contributed by atoms with Crippen LogP contribution in [-0.2, 0) is 4.79 Å². The summed E-state index contributed by atoms with van der Waals surface area (Å²) in [6, 6.07) is 26.7. The summed E-state index contributed by atoms with van der Waals surface area (Å²) in [5, 5.41) is 4.79. The number of Topliss-reactive ketones (excluding diaryl/α,β-unsaturated/α-hetero) is 1. The van der Waals surface area contributed by atoms with Gasteiger partial charge in [-0.3, -0.25) is 9.78 Å². The molecule has 4 heteroatoms. The lowest BCUT2D eigenvalue weighted by molar-refractivity contribution is -0.116.